The molecule has 2 fully saturated rings. The van der Waals surface area contributed by atoms with E-state index in [0.717, 1.165) is 36.8 Å². The maximum absolute atomic E-state index is 13.1. The number of hydrogen-bond acceptors (Lipinski definition) is 1. The number of carbonyl (C=O) groups excluding carboxylic acids is 1. The fourth-order valence-corrected chi connectivity index (χ4v) is 3.13. The van der Waals surface area contributed by atoms with Crippen molar-refractivity contribution < 1.29 is 13.6 Å². The van der Waals surface area contributed by atoms with Gasteiger partial charge in [0.2, 0.25) is 5.91 Å². The quantitative estimate of drug-likeness (QED) is 0.893. The summed E-state index contributed by atoms with van der Waals surface area (Å²) >= 11 is 0. The molecule has 2 nitrogen and oxygen atoms in total. The average molecular weight is 265 g/mol. The molecule has 2 aliphatic rings. The largest absolute Gasteiger partial charge is 0.349 e. The highest BCUT2D eigenvalue weighted by atomic mass is 19.2. The highest BCUT2D eigenvalue weighted by molar-refractivity contribution is 5.79. The number of fused-ring (bicyclic) bond motifs is 1. The zero-order valence-corrected chi connectivity index (χ0v) is 10.8. The Hall–Kier alpha value is -1.45. The van der Waals surface area contributed by atoms with Gasteiger partial charge in [-0.25, -0.2) is 8.78 Å². The number of carbonyl (C=O) groups is 1. The summed E-state index contributed by atoms with van der Waals surface area (Å²) in [4.78, 5) is 12.1. The molecule has 0 aliphatic heterocycles. The fraction of sp³-hybridized carbons (Fsp3) is 0.533. The standard InChI is InChI=1S/C15H17F2NO/c1-8(9-2-3-13(16)14(17)7-9)18-15(19)12-5-10-4-11(10)6-12/h2-3,7-8,10-12H,4-6H2,1H3,(H,18,19). The summed E-state index contributed by atoms with van der Waals surface area (Å²) in [5.74, 6) is -0.0663. The second-order valence-electron chi connectivity index (χ2n) is 5.83. The van der Waals surface area contributed by atoms with E-state index in [2.05, 4.69) is 5.32 Å². The first-order chi connectivity index (χ1) is 9.04. The zero-order valence-electron chi connectivity index (χ0n) is 10.8. The van der Waals surface area contributed by atoms with Crippen LogP contribution < -0.4 is 5.32 Å². The number of amides is 1. The lowest BCUT2D eigenvalue weighted by Gasteiger charge is -2.18. The third-order valence-electron chi connectivity index (χ3n) is 4.42. The third-order valence-corrected chi connectivity index (χ3v) is 4.42. The minimum atomic E-state index is -0.874. The van der Waals surface area contributed by atoms with Crippen LogP contribution in [0.4, 0.5) is 8.78 Å². The molecule has 0 aromatic heterocycles. The van der Waals surface area contributed by atoms with Crippen LogP contribution in [0.5, 0.6) is 0 Å². The van der Waals surface area contributed by atoms with Crippen molar-refractivity contribution in [2.75, 3.05) is 0 Å². The summed E-state index contributed by atoms with van der Waals surface area (Å²) in [6.45, 7) is 1.79. The maximum Gasteiger partial charge on any atom is 0.223 e. The molecule has 4 heteroatoms. The van der Waals surface area contributed by atoms with Crippen molar-refractivity contribution in [2.45, 2.75) is 32.2 Å². The average Bonchev–Trinajstić information content (AvgIpc) is 2.99. The first-order valence-electron chi connectivity index (χ1n) is 6.80. The van der Waals surface area contributed by atoms with E-state index in [9.17, 15) is 13.6 Å². The Morgan fingerprint density at radius 3 is 2.53 bits per heavy atom. The van der Waals surface area contributed by atoms with Gasteiger partial charge in [0.05, 0.1) is 6.04 Å². The molecule has 0 heterocycles. The van der Waals surface area contributed by atoms with Gasteiger partial charge in [0, 0.05) is 5.92 Å². The van der Waals surface area contributed by atoms with Crippen LogP contribution in [0, 0.1) is 29.4 Å². The summed E-state index contributed by atoms with van der Waals surface area (Å²) in [7, 11) is 0. The molecule has 1 N–H and O–H groups in total. The first-order valence-corrected chi connectivity index (χ1v) is 6.80. The van der Waals surface area contributed by atoms with Gasteiger partial charge in [0.25, 0.3) is 0 Å². The molecule has 2 saturated carbocycles. The van der Waals surface area contributed by atoms with E-state index in [1.807, 2.05) is 0 Å². The van der Waals surface area contributed by atoms with Gasteiger partial charge in [-0.3, -0.25) is 4.79 Å². The Bertz CT molecular complexity index is 507. The van der Waals surface area contributed by atoms with Crippen molar-refractivity contribution in [3.05, 3.63) is 35.4 Å². The second kappa shape index (κ2) is 4.58. The van der Waals surface area contributed by atoms with Gasteiger partial charge >= 0.3 is 0 Å². The third kappa shape index (κ3) is 2.48. The van der Waals surface area contributed by atoms with Crippen LogP contribution >= 0.6 is 0 Å². The Balaban J connectivity index is 1.62. The Kier molecular flexibility index (Phi) is 3.03. The van der Waals surface area contributed by atoms with E-state index in [1.165, 1.54) is 12.5 Å². The lowest BCUT2D eigenvalue weighted by atomic mass is 10.0. The predicted octanol–water partition coefficient (Wildman–Crippen LogP) is 3.19. The van der Waals surface area contributed by atoms with Crippen LogP contribution in [0.15, 0.2) is 18.2 Å². The van der Waals surface area contributed by atoms with Gasteiger partial charge in [0.15, 0.2) is 11.6 Å². The van der Waals surface area contributed by atoms with Crippen molar-refractivity contribution in [1.82, 2.24) is 5.32 Å². The van der Waals surface area contributed by atoms with E-state index in [0.29, 0.717) is 5.56 Å². The molecule has 0 saturated heterocycles. The summed E-state index contributed by atoms with van der Waals surface area (Å²) in [6.07, 6.45) is 3.25. The minimum Gasteiger partial charge on any atom is -0.349 e. The van der Waals surface area contributed by atoms with Gasteiger partial charge in [-0.05, 0) is 55.7 Å². The smallest absolute Gasteiger partial charge is 0.223 e. The molecule has 0 spiro atoms. The lowest BCUT2D eigenvalue weighted by Crippen LogP contribution is -2.32. The topological polar surface area (TPSA) is 29.1 Å². The first kappa shape index (κ1) is 12.6. The normalized spacial score (nSPS) is 29.7. The predicted molar refractivity (Wildman–Crippen MR) is 67.2 cm³/mol. The maximum atomic E-state index is 13.1. The molecular formula is C15H17F2NO. The molecule has 0 radical (unpaired) electrons. The molecule has 3 rings (SSSR count). The summed E-state index contributed by atoms with van der Waals surface area (Å²) in [5.41, 5.74) is 0.593. The monoisotopic (exact) mass is 265 g/mol. The summed E-state index contributed by atoms with van der Waals surface area (Å²) in [6, 6.07) is 3.46. The number of rotatable bonds is 3. The second-order valence-corrected chi connectivity index (χ2v) is 5.83. The highest BCUT2D eigenvalue weighted by Gasteiger charge is 2.48. The van der Waals surface area contributed by atoms with Gasteiger partial charge in [-0.2, -0.15) is 0 Å². The Morgan fingerprint density at radius 2 is 1.89 bits per heavy atom. The minimum absolute atomic E-state index is 0.0458. The number of benzene rings is 1. The van der Waals surface area contributed by atoms with E-state index >= 15 is 0 Å². The van der Waals surface area contributed by atoms with Crippen LogP contribution in [0.2, 0.25) is 0 Å². The molecule has 0 bridgehead atoms. The molecule has 3 unspecified atom stereocenters. The van der Waals surface area contributed by atoms with Crippen LogP contribution in [0.1, 0.15) is 37.8 Å². The van der Waals surface area contributed by atoms with Gasteiger partial charge in [-0.1, -0.05) is 6.07 Å². The van der Waals surface area contributed by atoms with E-state index < -0.39 is 11.6 Å². The molecule has 19 heavy (non-hydrogen) atoms. The van der Waals surface area contributed by atoms with Crippen molar-refractivity contribution in [3.63, 3.8) is 0 Å². The summed E-state index contributed by atoms with van der Waals surface area (Å²) in [5, 5.41) is 2.90. The molecule has 3 atom stereocenters. The number of hydrogen-bond donors (Lipinski definition) is 1. The van der Waals surface area contributed by atoms with Crippen LogP contribution in [-0.2, 0) is 4.79 Å². The van der Waals surface area contributed by atoms with Crippen molar-refractivity contribution >= 4 is 5.91 Å². The van der Waals surface area contributed by atoms with E-state index in [1.54, 1.807) is 6.92 Å². The molecule has 102 valence electrons. The molecule has 1 amide bonds. The molecule has 1 aromatic carbocycles. The van der Waals surface area contributed by atoms with Crippen LogP contribution in [0.25, 0.3) is 0 Å². The van der Waals surface area contributed by atoms with Crippen molar-refractivity contribution in [2.24, 2.45) is 17.8 Å². The van der Waals surface area contributed by atoms with E-state index in [4.69, 9.17) is 0 Å². The van der Waals surface area contributed by atoms with E-state index in [-0.39, 0.29) is 17.9 Å². The van der Waals surface area contributed by atoms with Crippen LogP contribution in [0.3, 0.4) is 0 Å². The molecule has 1 aromatic rings. The van der Waals surface area contributed by atoms with Crippen molar-refractivity contribution in [3.8, 4) is 0 Å². The lowest BCUT2D eigenvalue weighted by molar-refractivity contribution is -0.125. The number of halogens is 2. The highest BCUT2D eigenvalue weighted by Crippen LogP contribution is 2.54. The Labute approximate surface area is 111 Å². The molecule has 2 aliphatic carbocycles. The van der Waals surface area contributed by atoms with Crippen molar-refractivity contribution in [1.29, 1.82) is 0 Å². The van der Waals surface area contributed by atoms with Gasteiger partial charge in [-0.15, -0.1) is 0 Å². The fourth-order valence-electron chi connectivity index (χ4n) is 3.13. The van der Waals surface area contributed by atoms with Crippen LogP contribution in [-0.4, -0.2) is 5.91 Å². The zero-order chi connectivity index (χ0) is 13.6. The number of nitrogens with one attached hydrogen (secondary N) is 1. The van der Waals surface area contributed by atoms with Gasteiger partial charge < -0.3 is 5.32 Å². The molecular weight excluding hydrogens is 248 g/mol. The van der Waals surface area contributed by atoms with Gasteiger partial charge in [0.1, 0.15) is 0 Å². The SMILES string of the molecule is CC(NC(=O)C1CC2CC2C1)c1ccc(F)c(F)c1. The Morgan fingerprint density at radius 1 is 1.21 bits per heavy atom. The summed E-state index contributed by atoms with van der Waals surface area (Å²) < 4.78 is 26.0.